The Morgan fingerprint density at radius 2 is 2.00 bits per heavy atom. The van der Waals surface area contributed by atoms with E-state index in [9.17, 15) is 14.4 Å². The van der Waals surface area contributed by atoms with Crippen LogP contribution in [0.4, 0.5) is 5.00 Å². The molecule has 7 nitrogen and oxygen atoms in total. The Morgan fingerprint density at radius 3 is 2.61 bits per heavy atom. The highest BCUT2D eigenvalue weighted by Crippen LogP contribution is 2.31. The number of esters is 1. The number of hydrogen-bond donors (Lipinski definition) is 1. The minimum Gasteiger partial charge on any atom is -0.461 e. The highest BCUT2D eigenvalue weighted by molar-refractivity contribution is 7.16. The zero-order valence-corrected chi connectivity index (χ0v) is 17.2. The van der Waals surface area contributed by atoms with Crippen LogP contribution in [-0.4, -0.2) is 33.6 Å². The van der Waals surface area contributed by atoms with Crippen molar-refractivity contribution in [2.75, 3.05) is 11.9 Å². The number of nitrogens with zero attached hydrogens (tertiary/aromatic N) is 2. The number of hydrogen-bond acceptors (Lipinski definition) is 6. The number of aromatic nitrogens is 2. The van der Waals surface area contributed by atoms with Crippen LogP contribution in [-0.2, 0) is 9.53 Å². The van der Waals surface area contributed by atoms with Crippen molar-refractivity contribution >= 4 is 62.2 Å². The van der Waals surface area contributed by atoms with E-state index in [2.05, 4.69) is 10.4 Å². The lowest BCUT2D eigenvalue weighted by atomic mass is 10.2. The summed E-state index contributed by atoms with van der Waals surface area (Å²) >= 11 is 12.8. The van der Waals surface area contributed by atoms with Crippen molar-refractivity contribution in [1.82, 2.24) is 9.78 Å². The maximum Gasteiger partial charge on any atom is 0.359 e. The summed E-state index contributed by atoms with van der Waals surface area (Å²) in [7, 11) is 0. The standard InChI is InChI=1S/C18H15Cl2N3O4S/c1-3-27-18(26)14-12-8-28-16(21-15(24)9(2)19)13(12)17(25)23(22-14)11-6-4-10(20)5-7-11/h4-9H,3H2,1-2H3,(H,21,24)/t9-/m1/s1. The third-order valence-electron chi connectivity index (χ3n) is 3.79. The molecule has 10 heteroatoms. The molecule has 1 N–H and O–H groups in total. The number of carbonyl (C=O) groups excluding carboxylic acids is 2. The molecule has 0 aliphatic rings. The van der Waals surface area contributed by atoms with Crippen LogP contribution in [0.5, 0.6) is 0 Å². The Hall–Kier alpha value is -2.42. The lowest BCUT2D eigenvalue weighted by molar-refractivity contribution is -0.115. The van der Waals surface area contributed by atoms with Gasteiger partial charge in [0, 0.05) is 15.8 Å². The van der Waals surface area contributed by atoms with Gasteiger partial charge in [-0.1, -0.05) is 11.6 Å². The van der Waals surface area contributed by atoms with Gasteiger partial charge in [0.05, 0.1) is 17.7 Å². The molecule has 1 amide bonds. The summed E-state index contributed by atoms with van der Waals surface area (Å²) in [4.78, 5) is 37.6. The van der Waals surface area contributed by atoms with Crippen molar-refractivity contribution in [2.45, 2.75) is 19.2 Å². The van der Waals surface area contributed by atoms with Crippen molar-refractivity contribution in [3.8, 4) is 5.69 Å². The predicted octanol–water partition coefficient (Wildman–Crippen LogP) is 3.84. The second-order valence-corrected chi connectivity index (χ2v) is 7.69. The van der Waals surface area contributed by atoms with Gasteiger partial charge in [0.1, 0.15) is 10.4 Å². The number of rotatable bonds is 5. The highest BCUT2D eigenvalue weighted by Gasteiger charge is 2.23. The van der Waals surface area contributed by atoms with Gasteiger partial charge in [-0.05, 0) is 38.1 Å². The summed E-state index contributed by atoms with van der Waals surface area (Å²) in [6.07, 6.45) is 0. The molecular weight excluding hydrogens is 425 g/mol. The second kappa shape index (κ2) is 8.30. The fourth-order valence-electron chi connectivity index (χ4n) is 2.46. The SMILES string of the molecule is CCOC(=O)c1nn(-c2ccc(Cl)cc2)c(=O)c2c(NC(=O)[C@@H](C)Cl)scc12. The summed E-state index contributed by atoms with van der Waals surface area (Å²) in [6.45, 7) is 3.34. The summed E-state index contributed by atoms with van der Waals surface area (Å²) in [6, 6.07) is 6.40. The fourth-order valence-corrected chi connectivity index (χ4v) is 3.58. The first-order valence-electron chi connectivity index (χ1n) is 8.26. The van der Waals surface area contributed by atoms with E-state index in [1.165, 1.54) is 6.92 Å². The molecule has 2 aromatic heterocycles. The molecule has 1 aromatic carbocycles. The lowest BCUT2D eigenvalue weighted by Gasteiger charge is -2.10. The van der Waals surface area contributed by atoms with Crippen molar-refractivity contribution in [3.05, 3.63) is 50.7 Å². The predicted molar refractivity (Wildman–Crippen MR) is 110 cm³/mol. The first-order valence-corrected chi connectivity index (χ1v) is 9.95. The lowest BCUT2D eigenvalue weighted by Crippen LogP contribution is -2.26. The number of thiophene rings is 1. The van der Waals surface area contributed by atoms with Crippen molar-refractivity contribution in [1.29, 1.82) is 0 Å². The zero-order chi connectivity index (χ0) is 20.4. The number of nitrogens with one attached hydrogen (secondary N) is 1. The number of anilines is 1. The monoisotopic (exact) mass is 439 g/mol. The average Bonchev–Trinajstić information content (AvgIpc) is 3.07. The molecule has 0 aliphatic heterocycles. The van der Waals surface area contributed by atoms with Crippen molar-refractivity contribution in [2.24, 2.45) is 0 Å². The van der Waals surface area contributed by atoms with Crippen molar-refractivity contribution < 1.29 is 14.3 Å². The Labute approximate surface area is 173 Å². The number of alkyl halides is 1. The Morgan fingerprint density at radius 1 is 1.32 bits per heavy atom. The van der Waals surface area contributed by atoms with Gasteiger partial charge in [-0.15, -0.1) is 22.9 Å². The van der Waals surface area contributed by atoms with Gasteiger partial charge in [-0.2, -0.15) is 9.78 Å². The van der Waals surface area contributed by atoms with Gasteiger partial charge in [0.15, 0.2) is 5.69 Å². The first kappa shape index (κ1) is 20.3. The van der Waals surface area contributed by atoms with E-state index in [-0.39, 0.29) is 22.7 Å². The maximum atomic E-state index is 13.1. The van der Waals surface area contributed by atoms with E-state index in [1.54, 1.807) is 36.6 Å². The molecule has 0 fully saturated rings. The summed E-state index contributed by atoms with van der Waals surface area (Å²) in [5, 5.41) is 8.85. The molecule has 3 aromatic rings. The van der Waals surface area contributed by atoms with Crippen LogP contribution in [0.15, 0.2) is 34.4 Å². The van der Waals surface area contributed by atoms with Gasteiger partial charge in [-0.25, -0.2) is 4.79 Å². The third kappa shape index (κ3) is 3.89. The van der Waals surface area contributed by atoms with Crippen LogP contribution in [0.1, 0.15) is 24.3 Å². The molecule has 28 heavy (non-hydrogen) atoms. The number of ether oxygens (including phenoxy) is 1. The molecule has 3 rings (SSSR count). The highest BCUT2D eigenvalue weighted by atomic mass is 35.5. The summed E-state index contributed by atoms with van der Waals surface area (Å²) in [5.74, 6) is -1.13. The number of fused-ring (bicyclic) bond motifs is 1. The van der Waals surface area contributed by atoms with E-state index >= 15 is 0 Å². The Balaban J connectivity index is 2.27. The largest absolute Gasteiger partial charge is 0.461 e. The molecule has 0 unspecified atom stereocenters. The molecular formula is C18H15Cl2N3O4S. The molecule has 2 heterocycles. The minimum absolute atomic E-state index is 0.0259. The minimum atomic E-state index is -0.790. The van der Waals surface area contributed by atoms with E-state index in [0.717, 1.165) is 16.0 Å². The fraction of sp³-hybridized carbons (Fsp3) is 0.222. The molecule has 0 bridgehead atoms. The van der Waals surface area contributed by atoms with Crippen molar-refractivity contribution in [3.63, 3.8) is 0 Å². The van der Waals surface area contributed by atoms with E-state index in [1.807, 2.05) is 0 Å². The second-order valence-electron chi connectivity index (χ2n) is 5.72. The Kier molecular flexibility index (Phi) is 6.02. The van der Waals surface area contributed by atoms with Crippen LogP contribution in [0.3, 0.4) is 0 Å². The maximum absolute atomic E-state index is 13.1. The van der Waals surface area contributed by atoms with Gasteiger partial charge in [0.2, 0.25) is 5.91 Å². The van der Waals surface area contributed by atoms with Crippen LogP contribution in [0.25, 0.3) is 16.5 Å². The normalized spacial score (nSPS) is 12.0. The first-order chi connectivity index (χ1) is 13.3. The van der Waals surface area contributed by atoms with E-state index in [0.29, 0.717) is 16.1 Å². The Bertz CT molecular complexity index is 1110. The van der Waals surface area contributed by atoms with E-state index in [4.69, 9.17) is 27.9 Å². The van der Waals surface area contributed by atoms with Gasteiger partial charge in [-0.3, -0.25) is 9.59 Å². The quantitative estimate of drug-likeness (QED) is 0.481. The van der Waals surface area contributed by atoms with Gasteiger partial charge in [0.25, 0.3) is 5.56 Å². The molecule has 0 aliphatic carbocycles. The topological polar surface area (TPSA) is 90.3 Å². The van der Waals surface area contributed by atoms with Gasteiger partial charge < -0.3 is 10.1 Å². The number of carbonyl (C=O) groups is 2. The summed E-state index contributed by atoms with van der Waals surface area (Å²) < 4.78 is 6.15. The molecule has 1 atom stereocenters. The number of halogens is 2. The molecule has 0 spiro atoms. The zero-order valence-electron chi connectivity index (χ0n) is 14.9. The van der Waals surface area contributed by atoms with Gasteiger partial charge >= 0.3 is 5.97 Å². The molecule has 0 saturated heterocycles. The van der Waals surface area contributed by atoms with Crippen LogP contribution >= 0.6 is 34.5 Å². The molecule has 0 radical (unpaired) electrons. The van der Waals surface area contributed by atoms with Crippen LogP contribution < -0.4 is 10.9 Å². The van der Waals surface area contributed by atoms with Crippen LogP contribution in [0.2, 0.25) is 5.02 Å². The third-order valence-corrected chi connectivity index (χ3v) is 5.14. The van der Waals surface area contributed by atoms with E-state index < -0.39 is 22.8 Å². The molecule has 0 saturated carbocycles. The smallest absolute Gasteiger partial charge is 0.359 e. The van der Waals surface area contributed by atoms with Crippen LogP contribution in [0, 0.1) is 0 Å². The summed E-state index contributed by atoms with van der Waals surface area (Å²) in [5.41, 5.74) is -0.109. The number of amides is 1. The molecule has 146 valence electrons. The average molecular weight is 440 g/mol. The number of benzene rings is 1.